The Morgan fingerprint density at radius 1 is 1.12 bits per heavy atom. The number of benzene rings is 1. The van der Waals surface area contributed by atoms with Crippen LogP contribution in [0.5, 0.6) is 0 Å². The highest BCUT2D eigenvalue weighted by Gasteiger charge is 2.04. The molecule has 0 aromatic heterocycles. The molecule has 0 spiro atoms. The molecule has 1 aromatic rings. The zero-order valence-corrected chi connectivity index (χ0v) is 16.0. The molecule has 0 atom stereocenters. The predicted molar refractivity (Wildman–Crippen MR) is 103 cm³/mol. The molecule has 0 radical (unpaired) electrons. The average molecular weight is 369 g/mol. The summed E-state index contributed by atoms with van der Waals surface area (Å²) in [6, 6.07) is 6.80. The molecule has 0 unspecified atom stereocenters. The number of carbonyl (C=O) groups is 1. The number of hydrogen-bond acceptors (Lipinski definition) is 3. The summed E-state index contributed by atoms with van der Waals surface area (Å²) in [6.07, 6.45) is 0.917. The zero-order chi connectivity index (χ0) is 18.5. The topological polar surface area (TPSA) is 74.8 Å². The van der Waals surface area contributed by atoms with Crippen LogP contribution in [0.2, 0.25) is 5.02 Å². The molecule has 1 rings (SSSR count). The lowest BCUT2D eigenvalue weighted by atomic mass is 10.2. The normalized spacial score (nSPS) is 11.5. The second kappa shape index (κ2) is 12.6. The molecular weight excluding hydrogens is 340 g/mol. The van der Waals surface area contributed by atoms with Crippen molar-refractivity contribution in [1.29, 1.82) is 0 Å². The first kappa shape index (κ1) is 21.3. The molecule has 1 aromatic carbocycles. The summed E-state index contributed by atoms with van der Waals surface area (Å²) in [6.45, 7) is 7.67. The van der Waals surface area contributed by atoms with E-state index in [0.29, 0.717) is 35.6 Å². The van der Waals surface area contributed by atoms with Crippen LogP contribution in [0.25, 0.3) is 0 Å². The molecule has 1 amide bonds. The number of nitrogens with zero attached hydrogens (tertiary/aromatic N) is 1. The second-order valence-electron chi connectivity index (χ2n) is 6.01. The third kappa shape index (κ3) is 9.94. The maximum Gasteiger partial charge on any atom is 0.251 e. The van der Waals surface area contributed by atoms with Crippen molar-refractivity contribution in [3.8, 4) is 0 Å². The summed E-state index contributed by atoms with van der Waals surface area (Å²) in [5, 5.41) is 9.83. The van der Waals surface area contributed by atoms with E-state index >= 15 is 0 Å². The lowest BCUT2D eigenvalue weighted by Crippen LogP contribution is -2.42. The first-order chi connectivity index (χ1) is 12.0. The van der Waals surface area contributed by atoms with Crippen molar-refractivity contribution >= 4 is 23.5 Å². The van der Waals surface area contributed by atoms with Gasteiger partial charge in [-0.3, -0.25) is 9.79 Å². The van der Waals surface area contributed by atoms with E-state index in [2.05, 4.69) is 34.8 Å². The van der Waals surface area contributed by atoms with Crippen LogP contribution >= 0.6 is 11.6 Å². The van der Waals surface area contributed by atoms with Gasteiger partial charge in [-0.05, 0) is 36.6 Å². The van der Waals surface area contributed by atoms with Gasteiger partial charge in [0.25, 0.3) is 5.91 Å². The maximum atomic E-state index is 11.9. The minimum atomic E-state index is -0.122. The minimum absolute atomic E-state index is 0.122. The maximum absolute atomic E-state index is 11.9. The molecule has 0 bridgehead atoms. The van der Waals surface area contributed by atoms with Crippen LogP contribution in [-0.2, 0) is 4.74 Å². The van der Waals surface area contributed by atoms with Gasteiger partial charge in [-0.15, -0.1) is 0 Å². The molecule has 0 aliphatic rings. The van der Waals surface area contributed by atoms with Crippen molar-refractivity contribution in [3.05, 3.63) is 34.9 Å². The highest BCUT2D eigenvalue weighted by Crippen LogP contribution is 2.09. The summed E-state index contributed by atoms with van der Waals surface area (Å²) >= 11 is 5.81. The van der Waals surface area contributed by atoms with Crippen LogP contribution in [0.4, 0.5) is 0 Å². The van der Waals surface area contributed by atoms with Gasteiger partial charge in [-0.25, -0.2) is 0 Å². The zero-order valence-electron chi connectivity index (χ0n) is 15.3. The van der Waals surface area contributed by atoms with Crippen molar-refractivity contribution < 1.29 is 9.53 Å². The molecule has 6 nitrogen and oxygen atoms in total. The molecule has 0 fully saturated rings. The van der Waals surface area contributed by atoms with Gasteiger partial charge in [0.2, 0.25) is 0 Å². The first-order valence-electron chi connectivity index (χ1n) is 8.59. The van der Waals surface area contributed by atoms with Crippen LogP contribution in [0.3, 0.4) is 0 Å². The molecule has 25 heavy (non-hydrogen) atoms. The molecule has 3 N–H and O–H groups in total. The van der Waals surface area contributed by atoms with Gasteiger partial charge in [0.15, 0.2) is 5.96 Å². The lowest BCUT2D eigenvalue weighted by Gasteiger charge is -2.13. The van der Waals surface area contributed by atoms with Gasteiger partial charge in [-0.2, -0.15) is 0 Å². The first-order valence-corrected chi connectivity index (χ1v) is 8.96. The Kier molecular flexibility index (Phi) is 10.7. The summed E-state index contributed by atoms with van der Waals surface area (Å²) in [5.41, 5.74) is 0.591. The Labute approximate surface area is 155 Å². The largest absolute Gasteiger partial charge is 0.381 e. The van der Waals surface area contributed by atoms with E-state index in [4.69, 9.17) is 16.3 Å². The monoisotopic (exact) mass is 368 g/mol. The molecule has 0 saturated carbocycles. The highest BCUT2D eigenvalue weighted by molar-refractivity contribution is 6.30. The van der Waals surface area contributed by atoms with Crippen molar-refractivity contribution in [2.24, 2.45) is 10.9 Å². The van der Waals surface area contributed by atoms with E-state index < -0.39 is 0 Å². The average Bonchev–Trinajstić information content (AvgIpc) is 2.59. The third-order valence-electron chi connectivity index (χ3n) is 3.24. The van der Waals surface area contributed by atoms with Gasteiger partial charge in [-0.1, -0.05) is 25.4 Å². The van der Waals surface area contributed by atoms with E-state index in [1.807, 2.05) is 0 Å². The molecule has 140 valence electrons. The highest BCUT2D eigenvalue weighted by atomic mass is 35.5. The number of ether oxygens (including phenoxy) is 1. The van der Waals surface area contributed by atoms with E-state index in [0.717, 1.165) is 26.2 Å². The number of guanidine groups is 1. The van der Waals surface area contributed by atoms with Gasteiger partial charge in [0.05, 0.1) is 0 Å². The lowest BCUT2D eigenvalue weighted by molar-refractivity contribution is 0.0954. The van der Waals surface area contributed by atoms with E-state index in [-0.39, 0.29) is 5.91 Å². The van der Waals surface area contributed by atoms with Crippen LogP contribution in [0.15, 0.2) is 29.3 Å². The number of aliphatic imine (C=N–C) groups is 1. The number of nitrogens with one attached hydrogen (secondary N) is 3. The summed E-state index contributed by atoms with van der Waals surface area (Å²) in [4.78, 5) is 16.1. The molecule has 0 heterocycles. The fourth-order valence-electron chi connectivity index (χ4n) is 1.98. The standard InChI is InChI=1S/C18H29ClN4O2/c1-14(2)13-25-12-4-9-22-18(20-3)23-11-10-21-17(24)15-5-7-16(19)8-6-15/h5-8,14H,4,9-13H2,1-3H3,(H,21,24)(H2,20,22,23). The Balaban J connectivity index is 2.12. The van der Waals surface area contributed by atoms with Crippen LogP contribution in [0, 0.1) is 5.92 Å². The number of carbonyl (C=O) groups excluding carboxylic acids is 1. The second-order valence-corrected chi connectivity index (χ2v) is 6.45. The number of hydrogen-bond donors (Lipinski definition) is 3. The summed E-state index contributed by atoms with van der Waals surface area (Å²) in [5.74, 6) is 1.15. The smallest absolute Gasteiger partial charge is 0.251 e. The van der Waals surface area contributed by atoms with Crippen LogP contribution in [0.1, 0.15) is 30.6 Å². The Morgan fingerprint density at radius 2 is 1.76 bits per heavy atom. The van der Waals surface area contributed by atoms with E-state index in [9.17, 15) is 4.79 Å². The molecule has 0 saturated heterocycles. The van der Waals surface area contributed by atoms with Gasteiger partial charge < -0.3 is 20.7 Å². The van der Waals surface area contributed by atoms with Gasteiger partial charge >= 0.3 is 0 Å². The summed E-state index contributed by atoms with van der Waals surface area (Å²) < 4.78 is 5.53. The van der Waals surface area contributed by atoms with Crippen molar-refractivity contribution in [2.45, 2.75) is 20.3 Å². The molecular formula is C18H29ClN4O2. The predicted octanol–water partition coefficient (Wildman–Crippen LogP) is 2.30. The summed E-state index contributed by atoms with van der Waals surface area (Å²) in [7, 11) is 1.72. The van der Waals surface area contributed by atoms with E-state index in [1.165, 1.54) is 0 Å². The van der Waals surface area contributed by atoms with E-state index in [1.54, 1.807) is 31.3 Å². The SMILES string of the molecule is CN=C(NCCCOCC(C)C)NCCNC(=O)c1ccc(Cl)cc1. The number of halogens is 1. The van der Waals surface area contributed by atoms with Gasteiger partial charge in [0, 0.05) is 50.5 Å². The quantitative estimate of drug-likeness (QED) is 0.336. The van der Waals surface area contributed by atoms with Crippen LogP contribution in [-0.4, -0.2) is 51.8 Å². The minimum Gasteiger partial charge on any atom is -0.381 e. The Morgan fingerprint density at radius 3 is 2.40 bits per heavy atom. The fraction of sp³-hybridized carbons (Fsp3) is 0.556. The number of rotatable bonds is 10. The van der Waals surface area contributed by atoms with Crippen LogP contribution < -0.4 is 16.0 Å². The Bertz CT molecular complexity index is 532. The van der Waals surface area contributed by atoms with Crippen molar-refractivity contribution in [3.63, 3.8) is 0 Å². The number of amides is 1. The Hall–Kier alpha value is -1.79. The fourth-order valence-corrected chi connectivity index (χ4v) is 2.11. The van der Waals surface area contributed by atoms with Crippen molar-refractivity contribution in [1.82, 2.24) is 16.0 Å². The molecule has 7 heteroatoms. The molecule has 0 aliphatic heterocycles. The van der Waals surface area contributed by atoms with Gasteiger partial charge in [0.1, 0.15) is 0 Å². The third-order valence-corrected chi connectivity index (χ3v) is 3.49. The molecule has 0 aliphatic carbocycles. The van der Waals surface area contributed by atoms with Crippen molar-refractivity contribution in [2.75, 3.05) is 39.9 Å².